The van der Waals surface area contributed by atoms with Crippen molar-refractivity contribution in [2.24, 2.45) is 0 Å². The smallest absolute Gasteiger partial charge is 0.224 e. The van der Waals surface area contributed by atoms with Gasteiger partial charge in [0, 0.05) is 19.9 Å². The van der Waals surface area contributed by atoms with Crippen molar-refractivity contribution in [2.45, 2.75) is 71.8 Å². The first-order chi connectivity index (χ1) is 20.0. The average Bonchev–Trinajstić information content (AvgIpc) is 2.95. The fourth-order valence-corrected chi connectivity index (χ4v) is 3.68. The minimum Gasteiger partial charge on any atom is -0.366 e. The molecular formula is C34H43FN4O2. The number of hydrogen-bond donors (Lipinski definition) is 3. The van der Waals surface area contributed by atoms with Crippen molar-refractivity contribution in [2.75, 3.05) is 16.0 Å². The predicted octanol–water partition coefficient (Wildman–Crippen LogP) is 8.65. The molecule has 2 rings (SSSR count). The van der Waals surface area contributed by atoms with E-state index in [0.717, 1.165) is 50.5 Å². The van der Waals surface area contributed by atoms with Crippen LogP contribution in [0.25, 0.3) is 0 Å². The Hall–Kier alpha value is -4.26. The Kier molecular flexibility index (Phi) is 16.6. The van der Waals surface area contributed by atoms with Crippen LogP contribution in [0.15, 0.2) is 97.2 Å². The van der Waals surface area contributed by atoms with E-state index in [1.54, 1.807) is 24.3 Å². The lowest BCUT2D eigenvalue weighted by Gasteiger charge is -2.13. The number of carbonyl (C=O) groups excluding carboxylic acids is 2. The second-order valence-corrected chi connectivity index (χ2v) is 9.40. The van der Waals surface area contributed by atoms with Crippen LogP contribution in [0.1, 0.15) is 70.8 Å². The van der Waals surface area contributed by atoms with Crippen LogP contribution in [0.4, 0.5) is 21.7 Å². The number of nitrogens with one attached hydrogen (secondary N) is 3. The molecule has 0 radical (unpaired) electrons. The third kappa shape index (κ3) is 15.8. The number of aromatic nitrogens is 1. The summed E-state index contributed by atoms with van der Waals surface area (Å²) in [5, 5.41) is 8.66. The zero-order valence-corrected chi connectivity index (χ0v) is 24.2. The molecule has 0 saturated carbocycles. The van der Waals surface area contributed by atoms with Gasteiger partial charge in [-0.1, -0.05) is 79.8 Å². The first kappa shape index (κ1) is 32.9. The van der Waals surface area contributed by atoms with E-state index in [4.69, 9.17) is 0 Å². The highest BCUT2D eigenvalue weighted by Crippen LogP contribution is 2.23. The highest BCUT2D eigenvalue weighted by molar-refractivity contribution is 5.98. The van der Waals surface area contributed by atoms with Crippen LogP contribution >= 0.6 is 0 Å². The van der Waals surface area contributed by atoms with E-state index in [1.165, 1.54) is 19.1 Å². The third-order valence-electron chi connectivity index (χ3n) is 5.78. The van der Waals surface area contributed by atoms with Gasteiger partial charge >= 0.3 is 0 Å². The second-order valence-electron chi connectivity index (χ2n) is 9.40. The van der Waals surface area contributed by atoms with Gasteiger partial charge in [-0.25, -0.2) is 9.37 Å². The normalized spacial score (nSPS) is 11.9. The molecule has 3 N–H and O–H groups in total. The molecule has 7 heteroatoms. The van der Waals surface area contributed by atoms with Crippen LogP contribution in [-0.2, 0) is 16.1 Å². The summed E-state index contributed by atoms with van der Waals surface area (Å²) in [7, 11) is 0. The van der Waals surface area contributed by atoms with Gasteiger partial charge in [0.2, 0.25) is 11.8 Å². The highest BCUT2D eigenvalue weighted by atomic mass is 19.1. The Labute approximate surface area is 244 Å². The highest BCUT2D eigenvalue weighted by Gasteiger charge is 2.11. The van der Waals surface area contributed by atoms with Crippen molar-refractivity contribution >= 4 is 29.1 Å². The van der Waals surface area contributed by atoms with Crippen LogP contribution in [0.2, 0.25) is 0 Å². The summed E-state index contributed by atoms with van der Waals surface area (Å²) in [5.41, 5.74) is 1.33. The lowest BCUT2D eigenvalue weighted by molar-refractivity contribution is -0.116. The molecule has 0 unspecified atom stereocenters. The van der Waals surface area contributed by atoms with Gasteiger partial charge in [-0.2, -0.15) is 0 Å². The summed E-state index contributed by atoms with van der Waals surface area (Å²) < 4.78 is 13.1. The Balaban J connectivity index is 1.67. The van der Waals surface area contributed by atoms with E-state index in [2.05, 4.69) is 88.6 Å². The summed E-state index contributed by atoms with van der Waals surface area (Å²) >= 11 is 0. The largest absolute Gasteiger partial charge is 0.366 e. The van der Waals surface area contributed by atoms with E-state index >= 15 is 0 Å². The van der Waals surface area contributed by atoms with Gasteiger partial charge in [-0.05, 0) is 74.8 Å². The number of anilines is 3. The fourth-order valence-electron chi connectivity index (χ4n) is 3.68. The van der Waals surface area contributed by atoms with Gasteiger partial charge in [-0.3, -0.25) is 9.59 Å². The first-order valence-electron chi connectivity index (χ1n) is 14.3. The zero-order chi connectivity index (χ0) is 29.5. The quantitative estimate of drug-likeness (QED) is 0.126. The Morgan fingerprint density at radius 2 is 1.37 bits per heavy atom. The maximum Gasteiger partial charge on any atom is 0.224 e. The summed E-state index contributed by atoms with van der Waals surface area (Å²) in [6.07, 6.45) is 28.4. The SMILES string of the molecule is CC/C=C\C/C=C\C/C=C\C/C=C\C/C=C\CCCC(=O)Nc1ccc(NCc2ccc(F)cc2)nc1NC(C)=O. The van der Waals surface area contributed by atoms with E-state index < -0.39 is 0 Å². The fraction of sp³-hybridized carbons (Fsp3) is 0.324. The Morgan fingerprint density at radius 1 is 0.780 bits per heavy atom. The third-order valence-corrected chi connectivity index (χ3v) is 5.78. The van der Waals surface area contributed by atoms with Crippen LogP contribution in [-0.4, -0.2) is 16.8 Å². The second kappa shape index (κ2) is 20.6. The lowest BCUT2D eigenvalue weighted by atomic mass is 10.2. The number of benzene rings is 1. The molecule has 1 aromatic carbocycles. The molecule has 1 aromatic heterocycles. The molecule has 0 bridgehead atoms. The molecule has 0 aliphatic carbocycles. The van der Waals surface area contributed by atoms with E-state index in [1.807, 2.05) is 0 Å². The molecular weight excluding hydrogens is 515 g/mol. The van der Waals surface area contributed by atoms with Crippen LogP contribution in [0, 0.1) is 5.82 Å². The minimum atomic E-state index is -0.294. The monoisotopic (exact) mass is 558 g/mol. The molecule has 0 saturated heterocycles. The number of hydrogen-bond acceptors (Lipinski definition) is 4. The summed E-state index contributed by atoms with van der Waals surface area (Å²) in [6.45, 7) is 3.96. The number of pyridine rings is 1. The lowest BCUT2D eigenvalue weighted by Crippen LogP contribution is -2.16. The van der Waals surface area contributed by atoms with E-state index in [0.29, 0.717) is 24.5 Å². The van der Waals surface area contributed by atoms with Crippen LogP contribution < -0.4 is 16.0 Å². The number of nitrogens with zero attached hydrogens (tertiary/aromatic N) is 1. The van der Waals surface area contributed by atoms with Crippen LogP contribution in [0.3, 0.4) is 0 Å². The van der Waals surface area contributed by atoms with Crippen molar-refractivity contribution < 1.29 is 14.0 Å². The molecule has 218 valence electrons. The number of carbonyl (C=O) groups is 2. The molecule has 0 aliphatic rings. The van der Waals surface area contributed by atoms with E-state index in [9.17, 15) is 14.0 Å². The molecule has 0 fully saturated rings. The maximum atomic E-state index is 13.1. The molecule has 1 heterocycles. The molecule has 0 aliphatic heterocycles. The van der Waals surface area contributed by atoms with Gasteiger partial charge in [-0.15, -0.1) is 0 Å². The molecule has 2 aromatic rings. The zero-order valence-electron chi connectivity index (χ0n) is 24.2. The van der Waals surface area contributed by atoms with Crippen molar-refractivity contribution in [1.82, 2.24) is 4.98 Å². The van der Waals surface area contributed by atoms with Crippen molar-refractivity contribution in [1.29, 1.82) is 0 Å². The summed E-state index contributed by atoms with van der Waals surface area (Å²) in [4.78, 5) is 28.6. The standard InChI is InChI=1S/C34H43FN4O2/c1-3-4-5-6-7-8-9-10-11-12-13-14-15-16-17-18-19-20-33(41)38-31-25-26-32(39-34(31)37-28(2)40)36-27-29-21-23-30(35)24-22-29/h4-5,7-8,10-11,13-14,16-17,21-26H,3,6,9,12,15,18-20,27H2,1-2H3,(H,38,41)(H2,36,37,39,40)/b5-4-,8-7-,11-10-,14-13-,17-16-. The Morgan fingerprint density at radius 3 is 1.95 bits per heavy atom. The number of amides is 2. The van der Waals surface area contributed by atoms with Gasteiger partial charge in [0.1, 0.15) is 11.6 Å². The predicted molar refractivity (Wildman–Crippen MR) is 169 cm³/mol. The van der Waals surface area contributed by atoms with Crippen molar-refractivity contribution in [3.05, 3.63) is 109 Å². The molecule has 0 atom stereocenters. The van der Waals surface area contributed by atoms with Gasteiger partial charge in [0.15, 0.2) is 5.82 Å². The topological polar surface area (TPSA) is 83.1 Å². The van der Waals surface area contributed by atoms with Crippen molar-refractivity contribution in [3.63, 3.8) is 0 Å². The van der Waals surface area contributed by atoms with E-state index in [-0.39, 0.29) is 23.4 Å². The number of allylic oxidation sites excluding steroid dienone is 10. The van der Waals surface area contributed by atoms with Gasteiger partial charge in [0.25, 0.3) is 0 Å². The molecule has 0 spiro atoms. The average molecular weight is 559 g/mol. The van der Waals surface area contributed by atoms with Gasteiger partial charge < -0.3 is 16.0 Å². The van der Waals surface area contributed by atoms with Crippen molar-refractivity contribution in [3.8, 4) is 0 Å². The molecule has 6 nitrogen and oxygen atoms in total. The van der Waals surface area contributed by atoms with Gasteiger partial charge in [0.05, 0.1) is 5.69 Å². The maximum absolute atomic E-state index is 13.1. The summed E-state index contributed by atoms with van der Waals surface area (Å²) in [5.74, 6) is 0.0693. The minimum absolute atomic E-state index is 0.141. The number of unbranched alkanes of at least 4 members (excludes halogenated alkanes) is 1. The first-order valence-corrected chi connectivity index (χ1v) is 14.3. The number of rotatable bonds is 18. The Bertz CT molecular complexity index is 1210. The molecule has 41 heavy (non-hydrogen) atoms. The molecule has 2 amide bonds. The van der Waals surface area contributed by atoms with Crippen LogP contribution in [0.5, 0.6) is 0 Å². The summed E-state index contributed by atoms with van der Waals surface area (Å²) in [6, 6.07) is 9.59. The number of halogens is 1.